The molecule has 1 N–H and O–H groups in total. The Morgan fingerprint density at radius 3 is 3.00 bits per heavy atom. The van der Waals surface area contributed by atoms with E-state index in [0.717, 1.165) is 23.3 Å². The van der Waals surface area contributed by atoms with Gasteiger partial charge in [-0.05, 0) is 44.2 Å². The van der Waals surface area contributed by atoms with E-state index in [-0.39, 0.29) is 5.91 Å². The highest BCUT2D eigenvalue weighted by Gasteiger charge is 2.15. The van der Waals surface area contributed by atoms with Crippen molar-refractivity contribution in [1.82, 2.24) is 5.32 Å². The van der Waals surface area contributed by atoms with E-state index in [0.29, 0.717) is 19.8 Å². The van der Waals surface area contributed by atoms with Crippen LogP contribution in [0.2, 0.25) is 0 Å². The van der Waals surface area contributed by atoms with Crippen molar-refractivity contribution in [2.75, 3.05) is 19.8 Å². The standard InChI is InChI=1S/C16H23NO2S/c1-12(2)11-19-9-8-17-16(18)15-10-13-6-4-3-5-7-14(13)20-15/h10H,1,3-9,11H2,2H3,(H,17,18). The lowest BCUT2D eigenvalue weighted by atomic mass is 10.1. The van der Waals surface area contributed by atoms with Gasteiger partial charge in [0.1, 0.15) is 0 Å². The van der Waals surface area contributed by atoms with E-state index in [1.54, 1.807) is 11.3 Å². The molecule has 1 amide bonds. The number of fused-ring (bicyclic) bond motifs is 1. The molecular weight excluding hydrogens is 270 g/mol. The van der Waals surface area contributed by atoms with Crippen LogP contribution in [0.25, 0.3) is 0 Å². The van der Waals surface area contributed by atoms with Crippen LogP contribution in [0.5, 0.6) is 0 Å². The highest BCUT2D eigenvalue weighted by Crippen LogP contribution is 2.28. The summed E-state index contributed by atoms with van der Waals surface area (Å²) in [5, 5.41) is 2.91. The number of thiophene rings is 1. The summed E-state index contributed by atoms with van der Waals surface area (Å²) in [5.74, 6) is 0.0296. The Labute approximate surface area is 125 Å². The number of ether oxygens (including phenoxy) is 1. The summed E-state index contributed by atoms with van der Waals surface area (Å²) in [4.78, 5) is 14.3. The Hall–Kier alpha value is -1.13. The molecule has 1 aliphatic carbocycles. The molecule has 0 bridgehead atoms. The molecule has 0 aromatic carbocycles. The van der Waals surface area contributed by atoms with Gasteiger partial charge in [-0.2, -0.15) is 0 Å². The minimum Gasteiger partial charge on any atom is -0.375 e. The van der Waals surface area contributed by atoms with Crippen molar-refractivity contribution in [3.05, 3.63) is 33.5 Å². The highest BCUT2D eigenvalue weighted by molar-refractivity contribution is 7.14. The van der Waals surface area contributed by atoms with Crippen LogP contribution < -0.4 is 5.32 Å². The summed E-state index contributed by atoms with van der Waals surface area (Å²) in [7, 11) is 0. The van der Waals surface area contributed by atoms with Crippen LogP contribution in [0.3, 0.4) is 0 Å². The van der Waals surface area contributed by atoms with Crippen LogP contribution in [0.1, 0.15) is 46.3 Å². The van der Waals surface area contributed by atoms with Crippen molar-refractivity contribution in [2.24, 2.45) is 0 Å². The summed E-state index contributed by atoms with van der Waals surface area (Å²) in [5.41, 5.74) is 2.38. The summed E-state index contributed by atoms with van der Waals surface area (Å²) in [6, 6.07) is 2.08. The van der Waals surface area contributed by atoms with Gasteiger partial charge in [0.2, 0.25) is 0 Å². The molecule has 0 atom stereocenters. The van der Waals surface area contributed by atoms with Crippen molar-refractivity contribution in [1.29, 1.82) is 0 Å². The number of rotatable bonds is 6. The van der Waals surface area contributed by atoms with Crippen molar-refractivity contribution in [3.63, 3.8) is 0 Å². The molecule has 1 aromatic rings. The third-order valence-corrected chi connectivity index (χ3v) is 4.59. The van der Waals surface area contributed by atoms with Gasteiger partial charge in [0.15, 0.2) is 0 Å². The van der Waals surface area contributed by atoms with Crippen LogP contribution in [0.4, 0.5) is 0 Å². The molecule has 110 valence electrons. The fourth-order valence-electron chi connectivity index (χ4n) is 2.35. The molecule has 0 radical (unpaired) electrons. The van der Waals surface area contributed by atoms with Gasteiger partial charge in [0.25, 0.3) is 5.91 Å². The predicted molar refractivity (Wildman–Crippen MR) is 83.5 cm³/mol. The molecule has 0 fully saturated rings. The van der Waals surface area contributed by atoms with Gasteiger partial charge in [0, 0.05) is 11.4 Å². The van der Waals surface area contributed by atoms with Crippen molar-refractivity contribution in [2.45, 2.75) is 39.0 Å². The lowest BCUT2D eigenvalue weighted by Gasteiger charge is -2.05. The second-order valence-corrected chi connectivity index (χ2v) is 6.52. The monoisotopic (exact) mass is 293 g/mol. The van der Waals surface area contributed by atoms with Crippen LogP contribution in [-0.4, -0.2) is 25.7 Å². The average molecular weight is 293 g/mol. The predicted octanol–water partition coefficient (Wildman–Crippen LogP) is 3.34. The fourth-order valence-corrected chi connectivity index (χ4v) is 3.52. The van der Waals surface area contributed by atoms with Gasteiger partial charge < -0.3 is 10.1 Å². The molecule has 2 rings (SSSR count). The molecule has 1 heterocycles. The molecule has 0 aliphatic heterocycles. The Balaban J connectivity index is 1.79. The molecule has 4 heteroatoms. The first-order valence-electron chi connectivity index (χ1n) is 7.28. The highest BCUT2D eigenvalue weighted by atomic mass is 32.1. The fraction of sp³-hybridized carbons (Fsp3) is 0.562. The maximum absolute atomic E-state index is 12.1. The van der Waals surface area contributed by atoms with Crippen LogP contribution in [0.15, 0.2) is 18.2 Å². The van der Waals surface area contributed by atoms with Crippen LogP contribution in [-0.2, 0) is 17.6 Å². The van der Waals surface area contributed by atoms with Gasteiger partial charge in [-0.1, -0.05) is 18.6 Å². The first-order chi connectivity index (χ1) is 9.66. The zero-order valence-corrected chi connectivity index (χ0v) is 13.0. The largest absolute Gasteiger partial charge is 0.375 e. The second-order valence-electron chi connectivity index (χ2n) is 5.39. The average Bonchev–Trinajstić information content (AvgIpc) is 2.69. The third-order valence-electron chi connectivity index (χ3n) is 3.35. The number of carbonyl (C=O) groups excluding carboxylic acids is 1. The van der Waals surface area contributed by atoms with Gasteiger partial charge in [0.05, 0.1) is 18.1 Å². The zero-order valence-electron chi connectivity index (χ0n) is 12.2. The van der Waals surface area contributed by atoms with E-state index in [1.165, 1.54) is 29.7 Å². The SMILES string of the molecule is C=C(C)COCCNC(=O)c1cc2c(s1)CCCCC2. The number of aryl methyl sites for hydroxylation is 2. The number of carbonyl (C=O) groups is 1. The Morgan fingerprint density at radius 2 is 2.20 bits per heavy atom. The van der Waals surface area contributed by atoms with Crippen molar-refractivity contribution < 1.29 is 9.53 Å². The molecule has 0 spiro atoms. The molecule has 20 heavy (non-hydrogen) atoms. The molecule has 3 nitrogen and oxygen atoms in total. The first-order valence-corrected chi connectivity index (χ1v) is 8.10. The van der Waals surface area contributed by atoms with E-state index >= 15 is 0 Å². The molecular formula is C16H23NO2S. The molecule has 1 aromatic heterocycles. The Kier molecular flexibility index (Phi) is 5.80. The summed E-state index contributed by atoms with van der Waals surface area (Å²) >= 11 is 1.66. The lowest BCUT2D eigenvalue weighted by Crippen LogP contribution is -2.26. The van der Waals surface area contributed by atoms with Gasteiger partial charge >= 0.3 is 0 Å². The molecule has 0 saturated heterocycles. The Bertz CT molecular complexity index is 455. The zero-order chi connectivity index (χ0) is 14.4. The third kappa shape index (κ3) is 4.46. The second kappa shape index (κ2) is 7.60. The van der Waals surface area contributed by atoms with Gasteiger partial charge in [-0.15, -0.1) is 11.3 Å². The van der Waals surface area contributed by atoms with E-state index in [4.69, 9.17) is 4.74 Å². The van der Waals surface area contributed by atoms with E-state index in [2.05, 4.69) is 18.0 Å². The van der Waals surface area contributed by atoms with E-state index < -0.39 is 0 Å². The minimum absolute atomic E-state index is 0.0296. The molecule has 0 saturated carbocycles. The summed E-state index contributed by atoms with van der Waals surface area (Å²) < 4.78 is 5.37. The summed E-state index contributed by atoms with van der Waals surface area (Å²) in [6.07, 6.45) is 6.07. The first kappa shape index (κ1) is 15.3. The van der Waals surface area contributed by atoms with Crippen molar-refractivity contribution in [3.8, 4) is 0 Å². The number of amides is 1. The quantitative estimate of drug-likeness (QED) is 0.496. The van der Waals surface area contributed by atoms with Gasteiger partial charge in [-0.3, -0.25) is 4.79 Å². The smallest absolute Gasteiger partial charge is 0.261 e. The van der Waals surface area contributed by atoms with E-state index in [1.807, 2.05) is 6.92 Å². The normalized spacial score (nSPS) is 14.4. The van der Waals surface area contributed by atoms with Crippen molar-refractivity contribution >= 4 is 17.2 Å². The number of hydrogen-bond acceptors (Lipinski definition) is 3. The van der Waals surface area contributed by atoms with Crippen LogP contribution in [0, 0.1) is 0 Å². The lowest BCUT2D eigenvalue weighted by molar-refractivity contribution is 0.0930. The minimum atomic E-state index is 0.0296. The number of hydrogen-bond donors (Lipinski definition) is 1. The number of nitrogens with one attached hydrogen (secondary N) is 1. The van der Waals surface area contributed by atoms with Gasteiger partial charge in [-0.25, -0.2) is 0 Å². The summed E-state index contributed by atoms with van der Waals surface area (Å²) in [6.45, 7) is 7.34. The molecule has 0 unspecified atom stereocenters. The van der Waals surface area contributed by atoms with E-state index in [9.17, 15) is 4.79 Å². The maximum atomic E-state index is 12.1. The Morgan fingerprint density at radius 1 is 1.40 bits per heavy atom. The van der Waals surface area contributed by atoms with Crippen LogP contribution >= 0.6 is 11.3 Å². The maximum Gasteiger partial charge on any atom is 0.261 e. The topological polar surface area (TPSA) is 38.3 Å². The molecule has 1 aliphatic rings.